The molecule has 0 bridgehead atoms. The summed E-state index contributed by atoms with van der Waals surface area (Å²) in [7, 11) is -7.76. The van der Waals surface area contributed by atoms with Crippen LogP contribution in [0, 0.1) is 0 Å². The van der Waals surface area contributed by atoms with Gasteiger partial charge in [-0.25, -0.2) is 13.6 Å². The van der Waals surface area contributed by atoms with Gasteiger partial charge in [-0.1, -0.05) is 0 Å². The molecule has 4 N–H and O–H groups in total. The van der Waals surface area contributed by atoms with Crippen molar-refractivity contribution in [3.8, 4) is 5.75 Å². The summed E-state index contributed by atoms with van der Waals surface area (Å²) in [5.41, 5.74) is -0.313. The van der Waals surface area contributed by atoms with Crippen LogP contribution in [0.1, 0.15) is 5.56 Å². The molecule has 0 heterocycles. The zero-order valence-electron chi connectivity index (χ0n) is 9.90. The zero-order chi connectivity index (χ0) is 14.8. The molecule has 0 radical (unpaired) electrons. The summed E-state index contributed by atoms with van der Waals surface area (Å²) in [6.07, 6.45) is -0.321. The summed E-state index contributed by atoms with van der Waals surface area (Å²) in [5.74, 6) is -0.168. The fourth-order valence-electron chi connectivity index (χ4n) is 1.65. The Bertz CT molecular complexity index is 679. The number of benzene rings is 1. The van der Waals surface area contributed by atoms with Crippen LogP contribution in [0.4, 0.5) is 0 Å². The topological polar surface area (TPSA) is 144 Å². The molecule has 1 aromatic rings. The number of hydrogen-bond donors (Lipinski definition) is 3. The standard InChI is InChI=1S/C9H13NO7S2/c1-17-7-2-3-8(19(14,15)16)6(4-5-11)9(7)18(10,12)13/h2-3,11H,4-5H2,1H3,(H2,10,12,13)(H,14,15,16). The Morgan fingerprint density at radius 3 is 2.21 bits per heavy atom. The second-order valence-electron chi connectivity index (χ2n) is 3.57. The van der Waals surface area contributed by atoms with Gasteiger partial charge in [0.15, 0.2) is 0 Å². The first kappa shape index (κ1) is 15.9. The zero-order valence-corrected chi connectivity index (χ0v) is 11.5. The summed E-state index contributed by atoms with van der Waals surface area (Å²) >= 11 is 0. The lowest BCUT2D eigenvalue weighted by atomic mass is 10.1. The largest absolute Gasteiger partial charge is 0.495 e. The van der Waals surface area contributed by atoms with Crippen LogP contribution in [0.2, 0.25) is 0 Å². The minimum absolute atomic E-state index is 0.168. The molecule has 0 spiro atoms. The molecule has 0 aliphatic heterocycles. The maximum absolute atomic E-state index is 11.5. The smallest absolute Gasteiger partial charge is 0.294 e. The van der Waals surface area contributed by atoms with Gasteiger partial charge in [0, 0.05) is 6.61 Å². The molecular weight excluding hydrogens is 298 g/mol. The molecule has 0 aliphatic rings. The lowest BCUT2D eigenvalue weighted by Crippen LogP contribution is -2.19. The number of aliphatic hydroxyl groups is 1. The third-order valence-electron chi connectivity index (χ3n) is 2.33. The van der Waals surface area contributed by atoms with Crippen LogP contribution >= 0.6 is 0 Å². The average molecular weight is 311 g/mol. The lowest BCUT2D eigenvalue weighted by Gasteiger charge is -2.14. The number of sulfonamides is 1. The van der Waals surface area contributed by atoms with E-state index in [0.29, 0.717) is 0 Å². The molecule has 8 nitrogen and oxygen atoms in total. The second kappa shape index (κ2) is 5.43. The van der Waals surface area contributed by atoms with Crippen molar-refractivity contribution < 1.29 is 31.2 Å². The van der Waals surface area contributed by atoms with Gasteiger partial charge in [0.1, 0.15) is 10.6 Å². The van der Waals surface area contributed by atoms with Crippen molar-refractivity contribution in [2.24, 2.45) is 5.14 Å². The number of ether oxygens (including phenoxy) is 1. The molecule has 0 fully saturated rings. The van der Waals surface area contributed by atoms with E-state index in [1.165, 1.54) is 7.11 Å². The van der Waals surface area contributed by atoms with Gasteiger partial charge in [-0.05, 0) is 24.1 Å². The van der Waals surface area contributed by atoms with Gasteiger partial charge in [-0.3, -0.25) is 4.55 Å². The van der Waals surface area contributed by atoms with Crippen molar-refractivity contribution in [1.82, 2.24) is 0 Å². The molecule has 0 amide bonds. The molecule has 19 heavy (non-hydrogen) atoms. The van der Waals surface area contributed by atoms with Crippen molar-refractivity contribution in [3.05, 3.63) is 17.7 Å². The highest BCUT2D eigenvalue weighted by Crippen LogP contribution is 2.31. The van der Waals surface area contributed by atoms with E-state index in [0.717, 1.165) is 12.1 Å². The van der Waals surface area contributed by atoms with Crippen molar-refractivity contribution in [3.63, 3.8) is 0 Å². The fraction of sp³-hybridized carbons (Fsp3) is 0.333. The fourth-order valence-corrected chi connectivity index (χ4v) is 3.46. The van der Waals surface area contributed by atoms with Crippen LogP contribution < -0.4 is 9.88 Å². The quantitative estimate of drug-likeness (QED) is 0.599. The number of methoxy groups -OCH3 is 1. The Kier molecular flexibility index (Phi) is 4.53. The molecule has 0 unspecified atom stereocenters. The Balaban J connectivity index is 3.84. The number of aliphatic hydroxyl groups excluding tert-OH is 1. The summed E-state index contributed by atoms with van der Waals surface area (Å²) < 4.78 is 59.3. The first-order chi connectivity index (χ1) is 8.62. The summed E-state index contributed by atoms with van der Waals surface area (Å²) in [4.78, 5) is -1.20. The van der Waals surface area contributed by atoms with E-state index in [1.807, 2.05) is 0 Å². The lowest BCUT2D eigenvalue weighted by molar-refractivity contribution is 0.297. The van der Waals surface area contributed by atoms with E-state index in [4.69, 9.17) is 19.5 Å². The average Bonchev–Trinajstić information content (AvgIpc) is 2.25. The van der Waals surface area contributed by atoms with Gasteiger partial charge in [0.2, 0.25) is 10.0 Å². The molecule has 10 heteroatoms. The highest BCUT2D eigenvalue weighted by molar-refractivity contribution is 7.89. The Labute approximate surface area is 110 Å². The van der Waals surface area contributed by atoms with Crippen LogP contribution in [0.3, 0.4) is 0 Å². The first-order valence-electron chi connectivity index (χ1n) is 4.94. The van der Waals surface area contributed by atoms with E-state index in [9.17, 15) is 16.8 Å². The van der Waals surface area contributed by atoms with Crippen LogP contribution in [0.5, 0.6) is 5.75 Å². The minimum atomic E-state index is -4.65. The van der Waals surface area contributed by atoms with E-state index >= 15 is 0 Å². The van der Waals surface area contributed by atoms with Gasteiger partial charge >= 0.3 is 0 Å². The SMILES string of the molecule is COc1ccc(S(=O)(=O)O)c(CCO)c1S(N)(=O)=O. The van der Waals surface area contributed by atoms with E-state index < -0.39 is 36.5 Å². The number of primary sulfonamides is 1. The van der Waals surface area contributed by atoms with Crippen molar-refractivity contribution >= 4 is 20.1 Å². The van der Waals surface area contributed by atoms with Gasteiger partial charge in [-0.2, -0.15) is 8.42 Å². The molecule has 108 valence electrons. The van der Waals surface area contributed by atoms with E-state index in [-0.39, 0.29) is 17.7 Å². The van der Waals surface area contributed by atoms with Crippen LogP contribution in [-0.4, -0.2) is 40.2 Å². The highest BCUT2D eigenvalue weighted by Gasteiger charge is 2.27. The number of rotatable bonds is 5. The first-order valence-corrected chi connectivity index (χ1v) is 7.92. The highest BCUT2D eigenvalue weighted by atomic mass is 32.2. The molecule has 1 rings (SSSR count). The molecule has 0 atom stereocenters. The van der Waals surface area contributed by atoms with Crippen LogP contribution in [-0.2, 0) is 26.6 Å². The van der Waals surface area contributed by atoms with Crippen molar-refractivity contribution in [2.45, 2.75) is 16.2 Å². The van der Waals surface area contributed by atoms with Gasteiger partial charge in [0.05, 0.1) is 12.0 Å². The second-order valence-corrected chi connectivity index (χ2v) is 6.46. The normalized spacial score (nSPS) is 12.4. The Morgan fingerprint density at radius 2 is 1.84 bits per heavy atom. The molecular formula is C9H13NO7S2. The maximum atomic E-state index is 11.5. The summed E-state index contributed by atoms with van der Waals surface area (Å²) in [6.45, 7) is -0.530. The molecule has 1 aromatic carbocycles. The van der Waals surface area contributed by atoms with E-state index in [1.54, 1.807) is 0 Å². The van der Waals surface area contributed by atoms with Gasteiger partial charge in [-0.15, -0.1) is 0 Å². The number of nitrogens with two attached hydrogens (primary N) is 1. The van der Waals surface area contributed by atoms with Crippen molar-refractivity contribution in [1.29, 1.82) is 0 Å². The maximum Gasteiger partial charge on any atom is 0.294 e. The van der Waals surface area contributed by atoms with Gasteiger partial charge < -0.3 is 9.84 Å². The molecule has 0 saturated carbocycles. The predicted octanol–water partition coefficient (Wildman–Crippen LogP) is -0.876. The van der Waals surface area contributed by atoms with Gasteiger partial charge in [0.25, 0.3) is 10.1 Å². The van der Waals surface area contributed by atoms with Crippen LogP contribution in [0.25, 0.3) is 0 Å². The third kappa shape index (κ3) is 3.42. The van der Waals surface area contributed by atoms with Crippen LogP contribution in [0.15, 0.2) is 21.9 Å². The summed E-state index contributed by atoms with van der Waals surface area (Å²) in [5, 5.41) is 13.9. The molecule has 0 aliphatic carbocycles. The van der Waals surface area contributed by atoms with Crippen molar-refractivity contribution in [2.75, 3.05) is 13.7 Å². The minimum Gasteiger partial charge on any atom is -0.495 e. The Morgan fingerprint density at radius 1 is 1.26 bits per heavy atom. The third-order valence-corrected chi connectivity index (χ3v) is 4.28. The number of hydrogen-bond acceptors (Lipinski definition) is 6. The monoisotopic (exact) mass is 311 g/mol. The Hall–Kier alpha value is -1.20. The molecule has 0 saturated heterocycles. The predicted molar refractivity (Wildman–Crippen MR) is 65.0 cm³/mol. The molecule has 0 aromatic heterocycles. The van der Waals surface area contributed by atoms with E-state index in [2.05, 4.69) is 0 Å². The summed E-state index contributed by atoms with van der Waals surface area (Å²) in [6, 6.07) is 2.04.